The Morgan fingerprint density at radius 3 is 1.17 bits per heavy atom. The fourth-order valence-corrected chi connectivity index (χ4v) is 6.15. The molecule has 302 valence electrons. The van der Waals surface area contributed by atoms with E-state index in [1.165, 1.54) is 122 Å². The third kappa shape index (κ3) is 38.9. The van der Waals surface area contributed by atoms with E-state index in [1.54, 1.807) is 6.08 Å². The minimum Gasteiger partial charge on any atom is -0.462 e. The molecule has 0 aromatic rings. The van der Waals surface area contributed by atoms with Crippen LogP contribution >= 0.6 is 0 Å². The van der Waals surface area contributed by atoms with Gasteiger partial charge in [0.15, 0.2) is 6.10 Å². The molecule has 0 aromatic heterocycles. The van der Waals surface area contributed by atoms with Crippen LogP contribution in [0.3, 0.4) is 0 Å². The molecule has 0 saturated heterocycles. The maximum Gasteiger partial charge on any atom is 0.309 e. The topological polar surface area (TPSA) is 78.9 Å². The largest absolute Gasteiger partial charge is 0.462 e. The summed E-state index contributed by atoms with van der Waals surface area (Å²) in [5.41, 5.74) is 0. The molecule has 0 amide bonds. The lowest BCUT2D eigenvalue weighted by atomic mass is 10.0. The Hall–Kier alpha value is -2.37. The van der Waals surface area contributed by atoms with Crippen LogP contribution in [0.1, 0.15) is 220 Å². The highest BCUT2D eigenvalue weighted by Gasteiger charge is 2.19. The summed E-state index contributed by atoms with van der Waals surface area (Å²) in [5, 5.41) is 0. The van der Waals surface area contributed by atoms with Crippen molar-refractivity contribution >= 4 is 17.9 Å². The van der Waals surface area contributed by atoms with Gasteiger partial charge in [0.2, 0.25) is 0 Å². The first-order valence-corrected chi connectivity index (χ1v) is 22.0. The summed E-state index contributed by atoms with van der Waals surface area (Å²) in [6, 6.07) is 0. The lowest BCUT2D eigenvalue weighted by Gasteiger charge is -2.18. The fraction of sp³-hybridized carbons (Fsp3) is 0.804. The number of esters is 3. The summed E-state index contributed by atoms with van der Waals surface area (Å²) >= 11 is 0. The number of ether oxygens (including phenoxy) is 3. The molecule has 0 rings (SSSR count). The van der Waals surface area contributed by atoms with Crippen molar-refractivity contribution in [3.63, 3.8) is 0 Å². The average molecular weight is 731 g/mol. The van der Waals surface area contributed by atoms with E-state index >= 15 is 0 Å². The molecular formula is C46H82O6. The van der Waals surface area contributed by atoms with E-state index in [2.05, 4.69) is 45.1 Å². The molecule has 1 atom stereocenters. The van der Waals surface area contributed by atoms with E-state index in [0.29, 0.717) is 12.8 Å². The van der Waals surface area contributed by atoms with Crippen molar-refractivity contribution < 1.29 is 28.6 Å². The van der Waals surface area contributed by atoms with Crippen molar-refractivity contribution in [2.45, 2.75) is 226 Å². The molecule has 0 spiro atoms. The zero-order chi connectivity index (χ0) is 38.0. The van der Waals surface area contributed by atoms with Gasteiger partial charge in [-0.25, -0.2) is 0 Å². The Morgan fingerprint density at radius 2 is 0.750 bits per heavy atom. The Labute approximate surface area is 321 Å². The highest BCUT2D eigenvalue weighted by atomic mass is 16.6. The molecule has 0 aliphatic carbocycles. The van der Waals surface area contributed by atoms with Crippen LogP contribution in [-0.2, 0) is 28.6 Å². The number of rotatable bonds is 39. The van der Waals surface area contributed by atoms with Crippen LogP contribution in [0.5, 0.6) is 0 Å². The molecule has 1 unspecified atom stereocenters. The van der Waals surface area contributed by atoms with E-state index < -0.39 is 12.1 Å². The maximum atomic E-state index is 12.6. The van der Waals surface area contributed by atoms with Crippen LogP contribution in [0.25, 0.3) is 0 Å². The van der Waals surface area contributed by atoms with Gasteiger partial charge < -0.3 is 14.2 Å². The van der Waals surface area contributed by atoms with Crippen molar-refractivity contribution in [3.05, 3.63) is 36.5 Å². The molecule has 0 N–H and O–H groups in total. The molecule has 6 heteroatoms. The maximum absolute atomic E-state index is 12.6. The van der Waals surface area contributed by atoms with Crippen molar-refractivity contribution in [2.24, 2.45) is 0 Å². The van der Waals surface area contributed by atoms with Crippen molar-refractivity contribution in [2.75, 3.05) is 13.2 Å². The third-order valence-electron chi connectivity index (χ3n) is 9.44. The van der Waals surface area contributed by atoms with Gasteiger partial charge in [0.05, 0.1) is 6.42 Å². The number of allylic oxidation sites excluding steroid dienone is 5. The fourth-order valence-electron chi connectivity index (χ4n) is 6.15. The number of carbonyl (C=O) groups is 3. The van der Waals surface area contributed by atoms with Crippen LogP contribution in [0, 0.1) is 0 Å². The van der Waals surface area contributed by atoms with Gasteiger partial charge in [-0.15, -0.1) is 0 Å². The van der Waals surface area contributed by atoms with E-state index in [9.17, 15) is 14.4 Å². The van der Waals surface area contributed by atoms with Gasteiger partial charge in [-0.2, -0.15) is 0 Å². The smallest absolute Gasteiger partial charge is 0.309 e. The minimum absolute atomic E-state index is 0.0955. The van der Waals surface area contributed by atoms with E-state index in [0.717, 1.165) is 57.8 Å². The molecule has 0 aliphatic rings. The van der Waals surface area contributed by atoms with Crippen LogP contribution in [0.15, 0.2) is 36.5 Å². The number of hydrogen-bond acceptors (Lipinski definition) is 6. The summed E-state index contributed by atoms with van der Waals surface area (Å²) in [6.45, 7) is 6.41. The second-order valence-electron chi connectivity index (χ2n) is 14.6. The molecule has 6 nitrogen and oxygen atoms in total. The van der Waals surface area contributed by atoms with Crippen molar-refractivity contribution in [3.8, 4) is 0 Å². The standard InChI is InChI=1S/C46H82O6/c1-4-7-10-13-16-19-21-22-23-24-25-28-30-33-36-39-45(48)51-42-43(41-50-44(47)38-35-32-29-26-18-15-12-9-6-3)52-46(49)40-37-34-31-27-20-17-14-11-8-5-2/h9,12,18,26,32,35,43H,4-8,10-11,13-17,19-25,27-31,33-34,36-42H2,1-3H3/b12-9-,26-18-,35-32-. The predicted molar refractivity (Wildman–Crippen MR) is 219 cm³/mol. The third-order valence-corrected chi connectivity index (χ3v) is 9.44. The Morgan fingerprint density at radius 1 is 0.404 bits per heavy atom. The van der Waals surface area contributed by atoms with Gasteiger partial charge in [-0.3, -0.25) is 14.4 Å². The van der Waals surface area contributed by atoms with Gasteiger partial charge in [-0.1, -0.05) is 205 Å². The lowest BCUT2D eigenvalue weighted by Crippen LogP contribution is -2.30. The van der Waals surface area contributed by atoms with Crippen molar-refractivity contribution in [1.82, 2.24) is 0 Å². The second kappa shape index (κ2) is 41.4. The molecule has 0 fully saturated rings. The summed E-state index contributed by atoms with van der Waals surface area (Å²) in [6.07, 6.45) is 45.9. The minimum atomic E-state index is -0.798. The highest BCUT2D eigenvalue weighted by molar-refractivity contribution is 5.72. The first-order valence-electron chi connectivity index (χ1n) is 22.0. The van der Waals surface area contributed by atoms with Gasteiger partial charge in [-0.05, 0) is 32.1 Å². The molecule has 0 saturated carbocycles. The molecule has 0 bridgehead atoms. The summed E-state index contributed by atoms with van der Waals surface area (Å²) in [4.78, 5) is 37.5. The normalized spacial score (nSPS) is 12.3. The molecule has 0 heterocycles. The highest BCUT2D eigenvalue weighted by Crippen LogP contribution is 2.15. The Balaban J connectivity index is 4.36. The number of carbonyl (C=O) groups excluding carboxylic acids is 3. The molecule has 52 heavy (non-hydrogen) atoms. The van der Waals surface area contributed by atoms with Gasteiger partial charge >= 0.3 is 17.9 Å². The average Bonchev–Trinajstić information content (AvgIpc) is 3.14. The van der Waals surface area contributed by atoms with E-state index in [-0.39, 0.29) is 31.6 Å². The molecule has 0 aromatic carbocycles. The molecular weight excluding hydrogens is 649 g/mol. The van der Waals surface area contributed by atoms with Crippen LogP contribution in [0.4, 0.5) is 0 Å². The zero-order valence-corrected chi connectivity index (χ0v) is 34.3. The van der Waals surface area contributed by atoms with Crippen LogP contribution < -0.4 is 0 Å². The van der Waals surface area contributed by atoms with Gasteiger partial charge in [0.1, 0.15) is 13.2 Å². The van der Waals surface area contributed by atoms with Crippen molar-refractivity contribution in [1.29, 1.82) is 0 Å². The number of hydrogen-bond donors (Lipinski definition) is 0. The first kappa shape index (κ1) is 49.6. The lowest BCUT2D eigenvalue weighted by molar-refractivity contribution is -0.166. The zero-order valence-electron chi connectivity index (χ0n) is 34.3. The molecule has 0 radical (unpaired) electrons. The van der Waals surface area contributed by atoms with E-state index in [4.69, 9.17) is 14.2 Å². The summed E-state index contributed by atoms with van der Waals surface area (Å²) < 4.78 is 16.5. The predicted octanol–water partition coefficient (Wildman–Crippen LogP) is 13.8. The Bertz CT molecular complexity index is 891. The van der Waals surface area contributed by atoms with E-state index in [1.807, 2.05) is 6.08 Å². The number of unbranched alkanes of at least 4 members (excludes halogenated alkanes) is 23. The summed E-state index contributed by atoms with van der Waals surface area (Å²) in [7, 11) is 0. The van der Waals surface area contributed by atoms with Crippen LogP contribution in [-0.4, -0.2) is 37.2 Å². The van der Waals surface area contributed by atoms with Crippen LogP contribution in [0.2, 0.25) is 0 Å². The van der Waals surface area contributed by atoms with Gasteiger partial charge in [0, 0.05) is 12.8 Å². The summed E-state index contributed by atoms with van der Waals surface area (Å²) in [5.74, 6) is -1.02. The molecule has 0 aliphatic heterocycles. The first-order chi connectivity index (χ1) is 25.5. The monoisotopic (exact) mass is 731 g/mol. The Kier molecular flexibility index (Phi) is 39.5. The quantitative estimate of drug-likeness (QED) is 0.0271. The second-order valence-corrected chi connectivity index (χ2v) is 14.6. The SMILES string of the molecule is CC/C=C\C/C=C\C/C=C\CC(=O)OCC(COC(=O)CCCCCCCCCCCCCCCCC)OC(=O)CCCCCCCCCCCC. The van der Waals surface area contributed by atoms with Gasteiger partial charge in [0.25, 0.3) is 0 Å².